The normalized spacial score (nSPS) is 10.5. The molecule has 3 heterocycles. The van der Waals surface area contributed by atoms with Gasteiger partial charge >= 0.3 is 6.03 Å². The van der Waals surface area contributed by atoms with Gasteiger partial charge in [-0.3, -0.25) is 0 Å². The van der Waals surface area contributed by atoms with Gasteiger partial charge in [0.2, 0.25) is 5.95 Å². The van der Waals surface area contributed by atoms with Gasteiger partial charge in [-0.15, -0.1) is 5.10 Å². The molecule has 0 aromatic carbocycles. The van der Waals surface area contributed by atoms with Crippen LogP contribution in [0.1, 0.15) is 11.4 Å². The zero-order chi connectivity index (χ0) is 18.5. The van der Waals surface area contributed by atoms with Crippen molar-refractivity contribution in [2.24, 2.45) is 0 Å². The number of anilines is 2. The highest BCUT2D eigenvalue weighted by molar-refractivity contribution is 6.00. The number of fused-ring (bicyclic) bond motifs is 1. The van der Waals surface area contributed by atoms with Crippen LogP contribution in [-0.4, -0.2) is 39.3 Å². The third-order valence-electron chi connectivity index (χ3n) is 3.48. The van der Waals surface area contributed by atoms with Crippen LogP contribution in [0.15, 0.2) is 30.6 Å². The van der Waals surface area contributed by atoms with E-state index in [1.807, 2.05) is 6.07 Å². The molecular weight excluding hydrogens is 341 g/mol. The molecule has 0 aliphatic carbocycles. The van der Waals surface area contributed by atoms with Crippen LogP contribution in [0.5, 0.6) is 0 Å². The lowest BCUT2D eigenvalue weighted by Crippen LogP contribution is -2.22. The summed E-state index contributed by atoms with van der Waals surface area (Å²) in [4.78, 5) is 20.2. The van der Waals surface area contributed by atoms with E-state index >= 15 is 0 Å². The first-order chi connectivity index (χ1) is 12.6. The van der Waals surface area contributed by atoms with E-state index in [-0.39, 0.29) is 5.69 Å². The summed E-state index contributed by atoms with van der Waals surface area (Å²) in [5.74, 6) is -0.668. The van der Waals surface area contributed by atoms with Crippen molar-refractivity contribution in [1.82, 2.24) is 19.6 Å². The second-order valence-corrected chi connectivity index (χ2v) is 5.22. The number of nitrogens with zero attached hydrogens (tertiary/aromatic N) is 5. The smallest absolute Gasteiger partial charge is 0.323 e. The maximum atomic E-state index is 13.4. The minimum atomic E-state index is -0.668. The van der Waals surface area contributed by atoms with Crippen LogP contribution in [0.4, 0.5) is 20.6 Å². The van der Waals surface area contributed by atoms with E-state index in [1.54, 1.807) is 6.07 Å². The van der Waals surface area contributed by atoms with Gasteiger partial charge in [-0.25, -0.2) is 19.3 Å². The van der Waals surface area contributed by atoms with Crippen LogP contribution in [0, 0.1) is 17.3 Å². The molecule has 0 atom stereocenters. The van der Waals surface area contributed by atoms with Crippen molar-refractivity contribution in [3.8, 4) is 6.07 Å². The number of nitriles is 1. The Morgan fingerprint density at radius 1 is 1.38 bits per heavy atom. The number of methoxy groups -OCH3 is 1. The minimum Gasteiger partial charge on any atom is -0.384 e. The third-order valence-corrected chi connectivity index (χ3v) is 3.48. The lowest BCUT2D eigenvalue weighted by atomic mass is 10.2. The van der Waals surface area contributed by atoms with Crippen molar-refractivity contribution in [3.05, 3.63) is 47.9 Å². The molecule has 9 nitrogen and oxygen atoms in total. The highest BCUT2D eigenvalue weighted by Crippen LogP contribution is 2.18. The number of pyridine rings is 1. The molecule has 3 aromatic rings. The van der Waals surface area contributed by atoms with E-state index < -0.39 is 12.0 Å². The number of halogens is 1. The van der Waals surface area contributed by atoms with E-state index in [4.69, 9.17) is 10.00 Å². The Kier molecular flexibility index (Phi) is 5.00. The molecule has 0 spiro atoms. The number of carbonyl (C=O) groups is 1. The van der Waals surface area contributed by atoms with Gasteiger partial charge in [0.25, 0.3) is 0 Å². The summed E-state index contributed by atoms with van der Waals surface area (Å²) in [6.07, 6.45) is 3.23. The minimum absolute atomic E-state index is 0.179. The fraction of sp³-hybridized carbons (Fsp3) is 0.188. The van der Waals surface area contributed by atoms with Gasteiger partial charge in [0.05, 0.1) is 24.2 Å². The zero-order valence-corrected chi connectivity index (χ0v) is 13.7. The maximum Gasteiger partial charge on any atom is 0.323 e. The molecule has 2 amide bonds. The van der Waals surface area contributed by atoms with E-state index in [9.17, 15) is 9.18 Å². The van der Waals surface area contributed by atoms with Gasteiger partial charge in [0.1, 0.15) is 11.8 Å². The molecule has 0 saturated heterocycles. The average Bonchev–Trinajstić information content (AvgIpc) is 3.01. The number of nitrogens with one attached hydrogen (secondary N) is 2. The SMILES string of the molecule is COCCc1c(NC(=O)Nc2ccnc(C#N)c2)cnc2cc(F)nn12. The van der Waals surface area contributed by atoms with Gasteiger partial charge in [-0.1, -0.05) is 0 Å². The summed E-state index contributed by atoms with van der Waals surface area (Å²) in [6.45, 7) is 0.354. The molecular formula is C16H14FN7O2. The van der Waals surface area contributed by atoms with Gasteiger partial charge in [0.15, 0.2) is 5.65 Å². The molecule has 0 aliphatic rings. The Morgan fingerprint density at radius 2 is 2.23 bits per heavy atom. The van der Waals surface area contributed by atoms with E-state index in [2.05, 4.69) is 25.7 Å². The van der Waals surface area contributed by atoms with Crippen LogP contribution in [0.2, 0.25) is 0 Å². The predicted molar refractivity (Wildman–Crippen MR) is 90.1 cm³/mol. The number of hydrogen-bond donors (Lipinski definition) is 2. The van der Waals surface area contributed by atoms with Crippen molar-refractivity contribution in [3.63, 3.8) is 0 Å². The summed E-state index contributed by atoms with van der Waals surface area (Å²) in [5, 5.41) is 17.9. The first kappa shape index (κ1) is 17.2. The maximum absolute atomic E-state index is 13.4. The molecule has 132 valence electrons. The summed E-state index contributed by atoms with van der Waals surface area (Å²) in [7, 11) is 1.54. The zero-order valence-electron chi connectivity index (χ0n) is 13.7. The van der Waals surface area contributed by atoms with E-state index in [1.165, 1.54) is 36.2 Å². The summed E-state index contributed by atoms with van der Waals surface area (Å²) < 4.78 is 19.8. The second kappa shape index (κ2) is 7.54. The lowest BCUT2D eigenvalue weighted by molar-refractivity contribution is 0.201. The Hall–Kier alpha value is -3.58. The standard InChI is InChI=1S/C16H14FN7O2/c1-26-5-3-13-12(9-20-15-7-14(17)23-24(13)15)22-16(25)21-10-2-4-19-11(6-10)8-18/h2,4,6-7,9H,3,5H2,1H3,(H2,19,21,22,25). The summed E-state index contributed by atoms with van der Waals surface area (Å²) >= 11 is 0. The molecule has 26 heavy (non-hydrogen) atoms. The first-order valence-electron chi connectivity index (χ1n) is 7.57. The van der Waals surface area contributed by atoms with Gasteiger partial charge in [-0.05, 0) is 12.1 Å². The quantitative estimate of drug-likeness (QED) is 0.722. The molecule has 0 unspecified atom stereocenters. The molecule has 2 N–H and O–H groups in total. The fourth-order valence-electron chi connectivity index (χ4n) is 2.35. The van der Waals surface area contributed by atoms with E-state index in [0.717, 1.165) is 0 Å². The van der Waals surface area contributed by atoms with Crippen LogP contribution >= 0.6 is 0 Å². The Labute approximate surface area is 147 Å². The molecule has 0 saturated carbocycles. The number of aromatic nitrogens is 4. The van der Waals surface area contributed by atoms with Crippen molar-refractivity contribution in [2.45, 2.75) is 6.42 Å². The van der Waals surface area contributed by atoms with E-state index in [0.29, 0.717) is 35.7 Å². The van der Waals surface area contributed by atoms with Crippen LogP contribution in [0.25, 0.3) is 5.65 Å². The third kappa shape index (κ3) is 3.73. The summed E-state index contributed by atoms with van der Waals surface area (Å²) in [5.41, 5.74) is 1.82. The molecule has 0 fully saturated rings. The largest absolute Gasteiger partial charge is 0.384 e. The molecule has 3 aromatic heterocycles. The summed E-state index contributed by atoms with van der Waals surface area (Å²) in [6, 6.07) is 5.53. The highest BCUT2D eigenvalue weighted by atomic mass is 19.1. The van der Waals surface area contributed by atoms with Gasteiger partial charge in [-0.2, -0.15) is 9.65 Å². The Morgan fingerprint density at radius 3 is 3.00 bits per heavy atom. The first-order valence-corrected chi connectivity index (χ1v) is 7.57. The number of carbonyl (C=O) groups excluding carboxylic acids is 1. The number of urea groups is 1. The van der Waals surface area contributed by atoms with Gasteiger partial charge in [0, 0.05) is 31.5 Å². The van der Waals surface area contributed by atoms with Gasteiger partial charge < -0.3 is 15.4 Å². The molecule has 0 aliphatic heterocycles. The molecule has 10 heteroatoms. The topological polar surface area (TPSA) is 117 Å². The molecule has 3 rings (SSSR count). The number of ether oxygens (including phenoxy) is 1. The average molecular weight is 355 g/mol. The number of hydrogen-bond acceptors (Lipinski definition) is 6. The predicted octanol–water partition coefficient (Wildman–Crippen LogP) is 1.97. The highest BCUT2D eigenvalue weighted by Gasteiger charge is 2.14. The lowest BCUT2D eigenvalue weighted by Gasteiger charge is -2.13. The molecule has 0 radical (unpaired) electrons. The Balaban J connectivity index is 1.84. The second-order valence-electron chi connectivity index (χ2n) is 5.22. The fourth-order valence-corrected chi connectivity index (χ4v) is 2.35. The van der Waals surface area contributed by atoms with Crippen molar-refractivity contribution < 1.29 is 13.9 Å². The van der Waals surface area contributed by atoms with Crippen LogP contribution < -0.4 is 10.6 Å². The molecule has 0 bridgehead atoms. The van der Waals surface area contributed by atoms with Crippen molar-refractivity contribution in [1.29, 1.82) is 5.26 Å². The van der Waals surface area contributed by atoms with Crippen molar-refractivity contribution >= 4 is 23.1 Å². The van der Waals surface area contributed by atoms with Crippen LogP contribution in [0.3, 0.4) is 0 Å². The van der Waals surface area contributed by atoms with Crippen LogP contribution in [-0.2, 0) is 11.2 Å². The monoisotopic (exact) mass is 355 g/mol. The van der Waals surface area contributed by atoms with Crippen molar-refractivity contribution in [2.75, 3.05) is 24.4 Å². The number of rotatable bonds is 5. The number of amides is 2. The Bertz CT molecular complexity index is 996.